The van der Waals surface area contributed by atoms with Crippen molar-refractivity contribution in [1.29, 1.82) is 0 Å². The molecule has 0 rings (SSSR count). The van der Waals surface area contributed by atoms with E-state index in [9.17, 15) is 24.2 Å². The Morgan fingerprint density at radius 2 is 0.729 bits per heavy atom. The Kier molecular flexibility index (Phi) is 44.2. The summed E-state index contributed by atoms with van der Waals surface area (Å²) in [7, 11) is -4.61. The van der Waals surface area contributed by atoms with Crippen LogP contribution in [0.4, 0.5) is 0 Å². The summed E-state index contributed by atoms with van der Waals surface area (Å²) in [5.74, 6) is -0.904. The standard InChI is InChI=1S/C48H95O10P/c1-3-5-7-9-11-13-15-17-19-20-21-22-23-24-26-28-30-32-34-36-38-40-48(52)58-46(44-57-59(53,54)56-42-45(50)41-49)43-55-47(51)39-37-35-33-31-29-27-25-18-16-14-12-10-8-6-4-2/h45-46,49-50H,3-44H2,1-2H3,(H,53,54). The second-order valence-electron chi connectivity index (χ2n) is 17.2. The summed E-state index contributed by atoms with van der Waals surface area (Å²) in [6, 6.07) is 0. The smallest absolute Gasteiger partial charge is 0.462 e. The highest BCUT2D eigenvalue weighted by atomic mass is 31.2. The van der Waals surface area contributed by atoms with Crippen LogP contribution in [0.1, 0.15) is 258 Å². The number of aliphatic hydroxyl groups is 2. The van der Waals surface area contributed by atoms with Crippen molar-refractivity contribution >= 4 is 19.8 Å². The number of rotatable bonds is 48. The van der Waals surface area contributed by atoms with Crippen LogP contribution in [-0.2, 0) is 32.7 Å². The quantitative estimate of drug-likeness (QED) is 0.0306. The lowest BCUT2D eigenvalue weighted by Crippen LogP contribution is -2.29. The van der Waals surface area contributed by atoms with Crippen LogP contribution in [0.25, 0.3) is 0 Å². The predicted molar refractivity (Wildman–Crippen MR) is 242 cm³/mol. The maximum atomic E-state index is 12.7. The normalized spacial score (nSPS) is 13.6. The number of carbonyl (C=O) groups excluding carboxylic acids is 2. The molecule has 10 nitrogen and oxygen atoms in total. The summed E-state index contributed by atoms with van der Waals surface area (Å²) in [6.07, 6.45) is 43.5. The molecule has 3 atom stereocenters. The van der Waals surface area contributed by atoms with Gasteiger partial charge >= 0.3 is 19.8 Å². The van der Waals surface area contributed by atoms with Gasteiger partial charge in [-0.25, -0.2) is 4.57 Å². The molecule has 11 heteroatoms. The number of ether oxygens (including phenoxy) is 2. The lowest BCUT2D eigenvalue weighted by Gasteiger charge is -2.20. The van der Waals surface area contributed by atoms with Crippen molar-refractivity contribution in [2.75, 3.05) is 26.4 Å². The Bertz CT molecular complexity index is 951. The topological polar surface area (TPSA) is 149 Å². The third-order valence-electron chi connectivity index (χ3n) is 11.3. The Labute approximate surface area is 363 Å². The molecule has 0 amide bonds. The molecule has 0 fully saturated rings. The summed E-state index contributed by atoms with van der Waals surface area (Å²) >= 11 is 0. The molecule has 59 heavy (non-hydrogen) atoms. The van der Waals surface area contributed by atoms with Gasteiger partial charge in [-0.1, -0.05) is 232 Å². The largest absolute Gasteiger partial charge is 0.472 e. The number of esters is 2. The van der Waals surface area contributed by atoms with Crippen LogP contribution >= 0.6 is 7.82 Å². The molecular formula is C48H95O10P. The van der Waals surface area contributed by atoms with Crippen molar-refractivity contribution in [2.24, 2.45) is 0 Å². The summed E-state index contributed by atoms with van der Waals surface area (Å²) < 4.78 is 32.8. The van der Waals surface area contributed by atoms with Gasteiger partial charge in [0.05, 0.1) is 19.8 Å². The van der Waals surface area contributed by atoms with Crippen molar-refractivity contribution in [1.82, 2.24) is 0 Å². The minimum atomic E-state index is -4.61. The SMILES string of the molecule is CCCCCCCCCCCCCCCCCCCCCCCC(=O)OC(COC(=O)CCCCCCCCCCCCCCCCC)COP(=O)(O)OCC(O)CO. The van der Waals surface area contributed by atoms with E-state index in [0.717, 1.165) is 32.1 Å². The lowest BCUT2D eigenvalue weighted by atomic mass is 10.0. The first-order valence-electron chi connectivity index (χ1n) is 25.0. The van der Waals surface area contributed by atoms with Crippen LogP contribution in [-0.4, -0.2) is 65.7 Å². The van der Waals surface area contributed by atoms with E-state index in [4.69, 9.17) is 23.6 Å². The first-order chi connectivity index (χ1) is 28.7. The molecule has 0 radical (unpaired) electrons. The second-order valence-corrected chi connectivity index (χ2v) is 18.7. The van der Waals surface area contributed by atoms with E-state index < -0.39 is 51.8 Å². The van der Waals surface area contributed by atoms with Crippen molar-refractivity contribution in [3.8, 4) is 0 Å². The molecule has 0 heterocycles. The number of carbonyl (C=O) groups is 2. The number of phosphoric acid groups is 1. The van der Waals surface area contributed by atoms with Gasteiger partial charge in [0.1, 0.15) is 12.7 Å². The van der Waals surface area contributed by atoms with Gasteiger partial charge in [0.2, 0.25) is 0 Å². The minimum absolute atomic E-state index is 0.193. The Hall–Kier alpha value is -1.03. The zero-order valence-electron chi connectivity index (χ0n) is 38.5. The molecule has 0 saturated carbocycles. The fourth-order valence-electron chi connectivity index (χ4n) is 7.41. The van der Waals surface area contributed by atoms with Crippen molar-refractivity contribution in [3.63, 3.8) is 0 Å². The molecule has 0 aliphatic rings. The van der Waals surface area contributed by atoms with Gasteiger partial charge in [0.15, 0.2) is 6.10 Å². The van der Waals surface area contributed by atoms with Crippen LogP contribution in [0, 0.1) is 0 Å². The van der Waals surface area contributed by atoms with Gasteiger partial charge in [0, 0.05) is 12.8 Å². The predicted octanol–water partition coefficient (Wildman–Crippen LogP) is 13.8. The molecule has 0 aliphatic heterocycles. The number of hydrogen-bond donors (Lipinski definition) is 3. The minimum Gasteiger partial charge on any atom is -0.462 e. The van der Waals surface area contributed by atoms with Crippen molar-refractivity contribution in [3.05, 3.63) is 0 Å². The van der Waals surface area contributed by atoms with E-state index in [1.54, 1.807) is 0 Å². The molecule has 0 aliphatic carbocycles. The van der Waals surface area contributed by atoms with E-state index in [2.05, 4.69) is 13.8 Å². The average molecular weight is 863 g/mol. The summed E-state index contributed by atoms with van der Waals surface area (Å²) in [5, 5.41) is 18.4. The summed E-state index contributed by atoms with van der Waals surface area (Å²) in [4.78, 5) is 35.1. The number of hydrogen-bond acceptors (Lipinski definition) is 9. The molecule has 0 spiro atoms. The third kappa shape index (κ3) is 44.8. The molecular weight excluding hydrogens is 767 g/mol. The Balaban J connectivity index is 4.13. The number of unbranched alkanes of at least 4 members (excludes halogenated alkanes) is 34. The van der Waals surface area contributed by atoms with E-state index >= 15 is 0 Å². The molecule has 0 aromatic heterocycles. The molecule has 0 bridgehead atoms. The number of aliphatic hydroxyl groups excluding tert-OH is 2. The van der Waals surface area contributed by atoms with Crippen LogP contribution in [0.3, 0.4) is 0 Å². The summed E-state index contributed by atoms with van der Waals surface area (Å²) in [5.41, 5.74) is 0. The third-order valence-corrected chi connectivity index (χ3v) is 12.2. The van der Waals surface area contributed by atoms with Crippen LogP contribution in [0.15, 0.2) is 0 Å². The highest BCUT2D eigenvalue weighted by Gasteiger charge is 2.27. The van der Waals surface area contributed by atoms with Crippen LogP contribution in [0.2, 0.25) is 0 Å². The highest BCUT2D eigenvalue weighted by Crippen LogP contribution is 2.43. The average Bonchev–Trinajstić information content (AvgIpc) is 3.22. The fraction of sp³-hybridized carbons (Fsp3) is 0.958. The Morgan fingerprint density at radius 3 is 1.05 bits per heavy atom. The Morgan fingerprint density at radius 1 is 0.441 bits per heavy atom. The van der Waals surface area contributed by atoms with Crippen molar-refractivity contribution < 1.29 is 47.8 Å². The molecule has 0 aromatic carbocycles. The maximum absolute atomic E-state index is 12.7. The fourth-order valence-corrected chi connectivity index (χ4v) is 8.20. The van der Waals surface area contributed by atoms with Gasteiger partial charge < -0.3 is 24.6 Å². The second kappa shape index (κ2) is 45.0. The first kappa shape index (κ1) is 58.0. The zero-order valence-corrected chi connectivity index (χ0v) is 39.4. The summed E-state index contributed by atoms with van der Waals surface area (Å²) in [6.45, 7) is 2.45. The van der Waals surface area contributed by atoms with Crippen LogP contribution < -0.4 is 0 Å². The van der Waals surface area contributed by atoms with Gasteiger partial charge in [-0.05, 0) is 12.8 Å². The van der Waals surface area contributed by atoms with E-state index in [1.807, 2.05) is 0 Å². The highest BCUT2D eigenvalue weighted by molar-refractivity contribution is 7.47. The maximum Gasteiger partial charge on any atom is 0.472 e. The molecule has 352 valence electrons. The van der Waals surface area contributed by atoms with Crippen molar-refractivity contribution in [2.45, 2.75) is 270 Å². The van der Waals surface area contributed by atoms with Gasteiger partial charge in [-0.2, -0.15) is 0 Å². The monoisotopic (exact) mass is 863 g/mol. The van der Waals surface area contributed by atoms with E-state index in [1.165, 1.54) is 186 Å². The van der Waals surface area contributed by atoms with Gasteiger partial charge in [0.25, 0.3) is 0 Å². The molecule has 0 aromatic rings. The van der Waals surface area contributed by atoms with E-state index in [0.29, 0.717) is 12.8 Å². The zero-order chi connectivity index (χ0) is 43.3. The molecule has 0 saturated heterocycles. The lowest BCUT2D eigenvalue weighted by molar-refractivity contribution is -0.161. The number of phosphoric ester groups is 1. The van der Waals surface area contributed by atoms with Gasteiger partial charge in [-0.15, -0.1) is 0 Å². The van der Waals surface area contributed by atoms with Crippen LogP contribution in [0.5, 0.6) is 0 Å². The van der Waals surface area contributed by atoms with E-state index in [-0.39, 0.29) is 19.4 Å². The molecule has 3 N–H and O–H groups in total. The van der Waals surface area contributed by atoms with Gasteiger partial charge in [-0.3, -0.25) is 18.6 Å². The molecule has 3 unspecified atom stereocenters. The first-order valence-corrected chi connectivity index (χ1v) is 26.5.